The maximum Gasteiger partial charge on any atom is 0.295 e. The van der Waals surface area contributed by atoms with Crippen molar-refractivity contribution in [1.82, 2.24) is 9.88 Å². The number of aliphatic hydroxyl groups excluding tert-OH is 1. The molecule has 4 rings (SSSR count). The standard InChI is InChI=1S/C26H30N2O5/c1-26(2,3)16-10-11-20(32-4)18(14-16)23(29)21-22(19-9-5-6-12-27-19)28(25(31)24(21)30)15-17-8-7-13-33-17/h5-6,9-12,14,17,22,29H,7-8,13,15H2,1-4H3/b23-21+. The summed E-state index contributed by atoms with van der Waals surface area (Å²) in [5.74, 6) is -1.23. The van der Waals surface area contributed by atoms with Gasteiger partial charge in [0, 0.05) is 19.3 Å². The zero-order valence-electron chi connectivity index (χ0n) is 19.5. The van der Waals surface area contributed by atoms with E-state index < -0.39 is 17.7 Å². The van der Waals surface area contributed by atoms with Gasteiger partial charge in [0.2, 0.25) is 0 Å². The van der Waals surface area contributed by atoms with Crippen LogP contribution in [0.25, 0.3) is 5.76 Å². The average Bonchev–Trinajstić information content (AvgIpc) is 3.40. The number of carbonyl (C=O) groups is 2. The van der Waals surface area contributed by atoms with Crippen LogP contribution in [0.1, 0.15) is 56.5 Å². The van der Waals surface area contributed by atoms with Crippen LogP contribution in [0, 0.1) is 0 Å². The summed E-state index contributed by atoms with van der Waals surface area (Å²) in [4.78, 5) is 32.3. The van der Waals surface area contributed by atoms with Gasteiger partial charge in [-0.1, -0.05) is 32.9 Å². The first-order chi connectivity index (χ1) is 15.7. The summed E-state index contributed by atoms with van der Waals surface area (Å²) in [7, 11) is 1.51. The number of aromatic nitrogens is 1. The number of ether oxygens (including phenoxy) is 2. The largest absolute Gasteiger partial charge is 0.507 e. The van der Waals surface area contributed by atoms with E-state index in [4.69, 9.17) is 9.47 Å². The van der Waals surface area contributed by atoms with Crippen LogP contribution < -0.4 is 4.74 Å². The van der Waals surface area contributed by atoms with Crippen molar-refractivity contribution in [2.45, 2.75) is 51.2 Å². The summed E-state index contributed by atoms with van der Waals surface area (Å²) in [6.07, 6.45) is 3.20. The number of methoxy groups -OCH3 is 1. The molecular weight excluding hydrogens is 420 g/mol. The quantitative estimate of drug-likeness (QED) is 0.421. The Balaban J connectivity index is 1.88. The minimum absolute atomic E-state index is 0.0149. The first-order valence-electron chi connectivity index (χ1n) is 11.2. The average molecular weight is 451 g/mol. The van der Waals surface area contributed by atoms with E-state index in [1.165, 1.54) is 12.0 Å². The maximum absolute atomic E-state index is 13.3. The molecular formula is C26H30N2O5. The number of rotatable bonds is 5. The van der Waals surface area contributed by atoms with Gasteiger partial charge in [-0.2, -0.15) is 0 Å². The van der Waals surface area contributed by atoms with Gasteiger partial charge in [-0.25, -0.2) is 0 Å². The van der Waals surface area contributed by atoms with E-state index in [1.807, 2.05) is 12.1 Å². The molecule has 2 unspecified atom stereocenters. The van der Waals surface area contributed by atoms with Crippen LogP contribution in [0.3, 0.4) is 0 Å². The zero-order valence-corrected chi connectivity index (χ0v) is 19.5. The van der Waals surface area contributed by atoms with Gasteiger partial charge < -0.3 is 19.5 Å². The monoisotopic (exact) mass is 450 g/mol. The van der Waals surface area contributed by atoms with E-state index in [9.17, 15) is 14.7 Å². The van der Waals surface area contributed by atoms with Gasteiger partial charge in [0.1, 0.15) is 17.6 Å². The molecule has 0 bridgehead atoms. The van der Waals surface area contributed by atoms with Crippen molar-refractivity contribution in [3.8, 4) is 5.75 Å². The highest BCUT2D eigenvalue weighted by Gasteiger charge is 2.48. The molecule has 3 heterocycles. The summed E-state index contributed by atoms with van der Waals surface area (Å²) in [6.45, 7) is 7.09. The highest BCUT2D eigenvalue weighted by Crippen LogP contribution is 2.41. The Kier molecular flexibility index (Phi) is 6.26. The van der Waals surface area contributed by atoms with E-state index in [-0.39, 0.29) is 29.4 Å². The summed E-state index contributed by atoms with van der Waals surface area (Å²) < 4.78 is 11.2. The number of aliphatic hydroxyl groups is 1. The molecule has 0 aliphatic carbocycles. The summed E-state index contributed by atoms with van der Waals surface area (Å²) in [5, 5.41) is 11.5. The Morgan fingerprint density at radius 1 is 1.24 bits per heavy atom. The number of pyridine rings is 1. The lowest BCUT2D eigenvalue weighted by atomic mass is 9.85. The highest BCUT2D eigenvalue weighted by atomic mass is 16.5. The first-order valence-corrected chi connectivity index (χ1v) is 11.2. The summed E-state index contributed by atoms with van der Waals surface area (Å²) in [6, 6.07) is 10.0. The molecule has 1 N–H and O–H groups in total. The molecule has 0 saturated carbocycles. The van der Waals surface area contributed by atoms with Crippen molar-refractivity contribution in [1.29, 1.82) is 0 Å². The van der Waals surface area contributed by atoms with Crippen LogP contribution in [-0.2, 0) is 19.7 Å². The topological polar surface area (TPSA) is 89.0 Å². The Labute approximate surface area is 194 Å². The number of ketones is 1. The third kappa shape index (κ3) is 4.37. The van der Waals surface area contributed by atoms with Crippen LogP contribution in [0.2, 0.25) is 0 Å². The van der Waals surface area contributed by atoms with E-state index in [0.717, 1.165) is 18.4 Å². The molecule has 1 aromatic carbocycles. The van der Waals surface area contributed by atoms with E-state index in [2.05, 4.69) is 25.8 Å². The van der Waals surface area contributed by atoms with Crippen LogP contribution >= 0.6 is 0 Å². The van der Waals surface area contributed by atoms with Gasteiger partial charge in [0.15, 0.2) is 0 Å². The smallest absolute Gasteiger partial charge is 0.295 e. The predicted molar refractivity (Wildman–Crippen MR) is 124 cm³/mol. The van der Waals surface area contributed by atoms with Crippen molar-refractivity contribution < 1.29 is 24.2 Å². The minimum Gasteiger partial charge on any atom is -0.507 e. The van der Waals surface area contributed by atoms with Gasteiger partial charge in [-0.3, -0.25) is 14.6 Å². The lowest BCUT2D eigenvalue weighted by molar-refractivity contribution is -0.140. The normalized spacial score (nSPS) is 22.7. The number of carbonyl (C=O) groups excluding carboxylic acids is 2. The number of benzene rings is 1. The minimum atomic E-state index is -0.807. The second-order valence-electron chi connectivity index (χ2n) is 9.51. The number of likely N-dealkylation sites (tertiary alicyclic amines) is 1. The Morgan fingerprint density at radius 2 is 2.03 bits per heavy atom. The van der Waals surface area contributed by atoms with Gasteiger partial charge in [-0.05, 0) is 48.1 Å². The van der Waals surface area contributed by atoms with Crippen molar-refractivity contribution in [2.75, 3.05) is 20.3 Å². The van der Waals surface area contributed by atoms with Crippen molar-refractivity contribution >= 4 is 17.4 Å². The lowest BCUT2D eigenvalue weighted by Crippen LogP contribution is -2.36. The van der Waals surface area contributed by atoms with Crippen molar-refractivity contribution in [3.05, 3.63) is 65.0 Å². The second-order valence-corrected chi connectivity index (χ2v) is 9.51. The molecule has 33 heavy (non-hydrogen) atoms. The Hall–Kier alpha value is -3.19. The molecule has 2 aromatic rings. The van der Waals surface area contributed by atoms with Crippen LogP contribution in [-0.4, -0.2) is 53.0 Å². The van der Waals surface area contributed by atoms with Crippen molar-refractivity contribution in [2.24, 2.45) is 0 Å². The molecule has 7 heteroatoms. The molecule has 2 aliphatic rings. The molecule has 1 aromatic heterocycles. The van der Waals surface area contributed by atoms with E-state index >= 15 is 0 Å². The molecule has 2 atom stereocenters. The summed E-state index contributed by atoms with van der Waals surface area (Å²) in [5.41, 5.74) is 1.69. The number of amides is 1. The molecule has 2 fully saturated rings. The lowest BCUT2D eigenvalue weighted by Gasteiger charge is -2.27. The van der Waals surface area contributed by atoms with Crippen LogP contribution in [0.15, 0.2) is 48.2 Å². The molecule has 1 amide bonds. The van der Waals surface area contributed by atoms with Gasteiger partial charge in [0.25, 0.3) is 11.7 Å². The SMILES string of the molecule is COc1ccc(C(C)(C)C)cc1/C(O)=C1\C(=O)C(=O)N(CC2CCCO2)C1c1ccccn1. The fraction of sp³-hybridized carbons (Fsp3) is 0.423. The second kappa shape index (κ2) is 8.98. The van der Waals surface area contributed by atoms with E-state index in [1.54, 1.807) is 30.5 Å². The Morgan fingerprint density at radius 3 is 2.64 bits per heavy atom. The molecule has 0 spiro atoms. The third-order valence-corrected chi connectivity index (χ3v) is 6.25. The number of nitrogens with zero attached hydrogens (tertiary/aromatic N) is 2. The molecule has 7 nitrogen and oxygen atoms in total. The highest BCUT2D eigenvalue weighted by molar-refractivity contribution is 6.46. The molecule has 0 radical (unpaired) electrons. The molecule has 2 aliphatic heterocycles. The van der Waals surface area contributed by atoms with Crippen LogP contribution in [0.4, 0.5) is 0 Å². The summed E-state index contributed by atoms with van der Waals surface area (Å²) >= 11 is 0. The van der Waals surface area contributed by atoms with Gasteiger partial charge in [-0.15, -0.1) is 0 Å². The fourth-order valence-corrected chi connectivity index (χ4v) is 4.43. The maximum atomic E-state index is 13.3. The number of hydrogen-bond acceptors (Lipinski definition) is 6. The fourth-order valence-electron chi connectivity index (χ4n) is 4.43. The van der Waals surface area contributed by atoms with Gasteiger partial charge >= 0.3 is 0 Å². The predicted octanol–water partition coefficient (Wildman–Crippen LogP) is 3.99. The van der Waals surface area contributed by atoms with Crippen LogP contribution in [0.5, 0.6) is 5.75 Å². The van der Waals surface area contributed by atoms with Crippen molar-refractivity contribution in [3.63, 3.8) is 0 Å². The number of Topliss-reactive ketones (excluding diaryl/α,β-unsaturated/α-hetero) is 1. The number of hydrogen-bond donors (Lipinski definition) is 1. The zero-order chi connectivity index (χ0) is 23.8. The first kappa shape index (κ1) is 23.0. The molecule has 174 valence electrons. The Bertz CT molecular complexity index is 1080. The third-order valence-electron chi connectivity index (χ3n) is 6.25. The van der Waals surface area contributed by atoms with E-state index in [0.29, 0.717) is 23.6 Å². The van der Waals surface area contributed by atoms with Gasteiger partial charge in [0.05, 0.1) is 30.0 Å². The molecule has 2 saturated heterocycles.